The minimum atomic E-state index is -0.159. The molecule has 0 aliphatic carbocycles. The molecule has 1 aromatic rings. The van der Waals surface area contributed by atoms with Crippen LogP contribution >= 0.6 is 11.3 Å². The number of piperidine rings is 1. The fraction of sp³-hybridized carbons (Fsp3) is 0.706. The molecule has 2 amide bonds. The van der Waals surface area contributed by atoms with Crippen molar-refractivity contribution in [2.75, 3.05) is 51.7 Å². The molecule has 0 radical (unpaired) electrons. The molecule has 0 spiro atoms. The van der Waals surface area contributed by atoms with Gasteiger partial charge < -0.3 is 26.0 Å². The molecule has 2 fully saturated rings. The van der Waals surface area contributed by atoms with Crippen molar-refractivity contribution in [2.24, 2.45) is 11.8 Å². The normalized spacial score (nSPS) is 23.6. The second-order valence-corrected chi connectivity index (χ2v) is 7.69. The summed E-state index contributed by atoms with van der Waals surface area (Å²) in [6.07, 6.45) is 2.23. The van der Waals surface area contributed by atoms with Crippen molar-refractivity contribution in [2.45, 2.75) is 19.3 Å². The van der Waals surface area contributed by atoms with Crippen LogP contribution in [0.15, 0.2) is 5.38 Å². The fourth-order valence-electron chi connectivity index (χ4n) is 3.43. The maximum Gasteiger partial charge on any atom is 0.227 e. The zero-order chi connectivity index (χ0) is 18.4. The highest BCUT2D eigenvalue weighted by atomic mass is 32.1. The molecule has 2 atom stereocenters. The highest BCUT2D eigenvalue weighted by Gasteiger charge is 2.33. The third kappa shape index (κ3) is 5.15. The quantitative estimate of drug-likeness (QED) is 0.592. The number of carbonyl (C=O) groups excluding carboxylic acids is 2. The molecule has 3 heterocycles. The van der Waals surface area contributed by atoms with Crippen molar-refractivity contribution in [1.29, 1.82) is 0 Å². The smallest absolute Gasteiger partial charge is 0.227 e. The van der Waals surface area contributed by atoms with Crippen LogP contribution in [-0.4, -0.2) is 67.6 Å². The van der Waals surface area contributed by atoms with Crippen LogP contribution in [0.5, 0.6) is 0 Å². The number of amides is 2. The van der Waals surface area contributed by atoms with E-state index in [4.69, 9.17) is 10.5 Å². The van der Waals surface area contributed by atoms with Gasteiger partial charge in [0.25, 0.3) is 0 Å². The first kappa shape index (κ1) is 19.1. The van der Waals surface area contributed by atoms with E-state index < -0.39 is 0 Å². The maximum atomic E-state index is 12.6. The van der Waals surface area contributed by atoms with Gasteiger partial charge in [-0.1, -0.05) is 0 Å². The minimum Gasteiger partial charge on any atom is -0.378 e. The molecule has 9 heteroatoms. The monoisotopic (exact) mass is 381 g/mol. The first-order chi connectivity index (χ1) is 12.6. The number of hydrogen-bond acceptors (Lipinski definition) is 7. The molecule has 2 saturated heterocycles. The molecule has 8 nitrogen and oxygen atoms in total. The fourth-order valence-corrected chi connectivity index (χ4v) is 4.03. The standard InChI is InChI=1S/C17H27N5O3S/c18-17-21-14(11-26-17)2-1-3-20-15(23)12-8-13(10-19-9-12)16(24)22-4-6-25-7-5-22/h11-13,19H,1-10H2,(H2,18,21)(H,20,23)/t12-,13-/m1/s1. The molecular weight excluding hydrogens is 354 g/mol. The number of morpholine rings is 1. The number of rotatable bonds is 6. The van der Waals surface area contributed by atoms with Gasteiger partial charge in [-0.05, 0) is 19.3 Å². The Morgan fingerprint density at radius 3 is 2.85 bits per heavy atom. The molecule has 0 aromatic carbocycles. The molecule has 3 rings (SSSR count). The summed E-state index contributed by atoms with van der Waals surface area (Å²) in [5, 5.41) is 8.76. The van der Waals surface area contributed by atoms with Crippen molar-refractivity contribution in [3.63, 3.8) is 0 Å². The lowest BCUT2D eigenvalue weighted by atomic mass is 9.88. The second kappa shape index (κ2) is 9.29. The number of nitrogens with one attached hydrogen (secondary N) is 2. The lowest BCUT2D eigenvalue weighted by molar-refractivity contribution is -0.141. The molecule has 2 aliphatic rings. The second-order valence-electron chi connectivity index (χ2n) is 6.80. The Bertz CT molecular complexity index is 617. The molecule has 26 heavy (non-hydrogen) atoms. The average molecular weight is 382 g/mol. The summed E-state index contributed by atoms with van der Waals surface area (Å²) in [6, 6.07) is 0. The van der Waals surface area contributed by atoms with Crippen LogP contribution in [0.3, 0.4) is 0 Å². The van der Waals surface area contributed by atoms with Gasteiger partial charge in [0.2, 0.25) is 11.8 Å². The van der Waals surface area contributed by atoms with Crippen molar-refractivity contribution < 1.29 is 14.3 Å². The Morgan fingerprint density at radius 2 is 2.12 bits per heavy atom. The topological polar surface area (TPSA) is 110 Å². The lowest BCUT2D eigenvalue weighted by Gasteiger charge is -2.34. The van der Waals surface area contributed by atoms with Gasteiger partial charge >= 0.3 is 0 Å². The van der Waals surface area contributed by atoms with Crippen LogP contribution in [0.1, 0.15) is 18.5 Å². The highest BCUT2D eigenvalue weighted by molar-refractivity contribution is 7.13. The van der Waals surface area contributed by atoms with E-state index in [0.717, 1.165) is 18.5 Å². The van der Waals surface area contributed by atoms with Crippen molar-refractivity contribution in [3.05, 3.63) is 11.1 Å². The SMILES string of the molecule is Nc1nc(CCCNC(=O)[C@H]2CNC[C@H](C(=O)N3CCOCC3)C2)cs1. The van der Waals surface area contributed by atoms with Gasteiger partial charge in [0.15, 0.2) is 5.13 Å². The van der Waals surface area contributed by atoms with Gasteiger partial charge in [-0.25, -0.2) is 4.98 Å². The van der Waals surface area contributed by atoms with Gasteiger partial charge in [-0.15, -0.1) is 11.3 Å². The first-order valence-electron chi connectivity index (χ1n) is 9.18. The summed E-state index contributed by atoms with van der Waals surface area (Å²) in [5.41, 5.74) is 6.58. The van der Waals surface area contributed by atoms with E-state index in [-0.39, 0.29) is 23.7 Å². The van der Waals surface area contributed by atoms with E-state index in [0.29, 0.717) is 57.5 Å². The van der Waals surface area contributed by atoms with Gasteiger partial charge in [0, 0.05) is 38.1 Å². The number of hydrogen-bond donors (Lipinski definition) is 3. The number of thiazole rings is 1. The Labute approximate surface area is 157 Å². The molecule has 0 saturated carbocycles. The number of nitrogen functional groups attached to an aromatic ring is 1. The Morgan fingerprint density at radius 1 is 1.35 bits per heavy atom. The Balaban J connectivity index is 1.40. The van der Waals surface area contributed by atoms with Crippen LogP contribution in [0.25, 0.3) is 0 Å². The number of anilines is 1. The van der Waals surface area contributed by atoms with Crippen LogP contribution in [-0.2, 0) is 20.7 Å². The Kier molecular flexibility index (Phi) is 6.81. The summed E-state index contributed by atoms with van der Waals surface area (Å²) in [5.74, 6) is -0.126. The van der Waals surface area contributed by atoms with E-state index in [1.54, 1.807) is 0 Å². The number of ether oxygens (including phenoxy) is 1. The van der Waals surface area contributed by atoms with E-state index in [1.807, 2.05) is 10.3 Å². The van der Waals surface area contributed by atoms with Crippen molar-refractivity contribution in [1.82, 2.24) is 20.5 Å². The van der Waals surface area contributed by atoms with E-state index >= 15 is 0 Å². The largest absolute Gasteiger partial charge is 0.378 e. The zero-order valence-electron chi connectivity index (χ0n) is 14.9. The maximum absolute atomic E-state index is 12.6. The van der Waals surface area contributed by atoms with E-state index in [9.17, 15) is 9.59 Å². The zero-order valence-corrected chi connectivity index (χ0v) is 15.7. The first-order valence-corrected chi connectivity index (χ1v) is 10.1. The lowest BCUT2D eigenvalue weighted by Crippen LogP contribution is -2.51. The molecule has 4 N–H and O–H groups in total. The highest BCUT2D eigenvalue weighted by Crippen LogP contribution is 2.20. The van der Waals surface area contributed by atoms with Gasteiger partial charge in [-0.2, -0.15) is 0 Å². The van der Waals surface area contributed by atoms with Gasteiger partial charge in [0.05, 0.1) is 30.7 Å². The van der Waals surface area contributed by atoms with Gasteiger partial charge in [0.1, 0.15) is 0 Å². The van der Waals surface area contributed by atoms with Crippen molar-refractivity contribution >= 4 is 28.3 Å². The van der Waals surface area contributed by atoms with Crippen LogP contribution in [0.2, 0.25) is 0 Å². The Hall–Kier alpha value is -1.71. The summed E-state index contributed by atoms with van der Waals surface area (Å²) >= 11 is 1.43. The third-order valence-electron chi connectivity index (χ3n) is 4.87. The van der Waals surface area contributed by atoms with Crippen LogP contribution in [0, 0.1) is 11.8 Å². The van der Waals surface area contributed by atoms with E-state index in [1.165, 1.54) is 11.3 Å². The predicted molar refractivity (Wildman–Crippen MR) is 99.7 cm³/mol. The number of nitrogens with zero attached hydrogens (tertiary/aromatic N) is 2. The molecule has 0 bridgehead atoms. The average Bonchev–Trinajstić information content (AvgIpc) is 3.10. The summed E-state index contributed by atoms with van der Waals surface area (Å²) in [4.78, 5) is 31.1. The number of nitrogens with two attached hydrogens (primary N) is 1. The molecular formula is C17H27N5O3S. The minimum absolute atomic E-state index is 0.0229. The molecule has 1 aromatic heterocycles. The van der Waals surface area contributed by atoms with Gasteiger partial charge in [-0.3, -0.25) is 9.59 Å². The predicted octanol–water partition coefficient (Wildman–Crippen LogP) is -0.141. The van der Waals surface area contributed by atoms with E-state index in [2.05, 4.69) is 15.6 Å². The van der Waals surface area contributed by atoms with Crippen LogP contribution in [0.4, 0.5) is 5.13 Å². The van der Waals surface area contributed by atoms with Crippen LogP contribution < -0.4 is 16.4 Å². The molecule has 144 valence electrons. The molecule has 2 aliphatic heterocycles. The number of carbonyl (C=O) groups is 2. The summed E-state index contributed by atoms with van der Waals surface area (Å²) in [6.45, 7) is 4.36. The number of aromatic nitrogens is 1. The summed E-state index contributed by atoms with van der Waals surface area (Å²) in [7, 11) is 0. The number of aryl methyl sites for hydroxylation is 1. The third-order valence-corrected chi connectivity index (χ3v) is 5.59. The molecule has 0 unspecified atom stereocenters. The summed E-state index contributed by atoms with van der Waals surface area (Å²) < 4.78 is 5.30. The van der Waals surface area contributed by atoms with Crippen molar-refractivity contribution in [3.8, 4) is 0 Å².